The van der Waals surface area contributed by atoms with Crippen molar-refractivity contribution in [3.8, 4) is 0 Å². The fourth-order valence-electron chi connectivity index (χ4n) is 3.25. The van der Waals surface area contributed by atoms with E-state index in [0.717, 1.165) is 48.6 Å². The van der Waals surface area contributed by atoms with Crippen LogP contribution in [-0.4, -0.2) is 6.54 Å². The fraction of sp³-hybridized carbons (Fsp3) is 0.280. The zero-order valence-corrected chi connectivity index (χ0v) is 16.9. The lowest BCUT2D eigenvalue weighted by atomic mass is 10.0. The monoisotopic (exact) mass is 386 g/mol. The summed E-state index contributed by atoms with van der Waals surface area (Å²) in [7, 11) is 0. The van der Waals surface area contributed by atoms with Gasteiger partial charge in [-0.3, -0.25) is 0 Å². The Kier molecular flexibility index (Phi) is 8.42. The Bertz CT molecular complexity index is 876. The fourth-order valence-corrected chi connectivity index (χ4v) is 3.25. The molecule has 0 spiro atoms. The van der Waals surface area contributed by atoms with Crippen LogP contribution in [0.15, 0.2) is 89.1 Å². The molecule has 150 valence electrons. The van der Waals surface area contributed by atoms with Crippen molar-refractivity contribution < 1.29 is 0 Å². The SMILES string of the molecule is NCCCCCCCc1cc(N=Nc2ccccc2)ccc1Nc1ccccc1. The Morgan fingerprint density at radius 2 is 1.31 bits per heavy atom. The topological polar surface area (TPSA) is 62.8 Å². The molecule has 0 aliphatic carbocycles. The van der Waals surface area contributed by atoms with Crippen molar-refractivity contribution in [2.24, 2.45) is 16.0 Å². The number of aryl methyl sites for hydroxylation is 1. The summed E-state index contributed by atoms with van der Waals surface area (Å²) in [5.74, 6) is 0. The van der Waals surface area contributed by atoms with Crippen LogP contribution in [0.5, 0.6) is 0 Å². The first-order chi connectivity index (χ1) is 14.3. The molecule has 0 saturated carbocycles. The number of hydrogen-bond acceptors (Lipinski definition) is 4. The van der Waals surface area contributed by atoms with Gasteiger partial charge in [-0.25, -0.2) is 0 Å². The van der Waals surface area contributed by atoms with Crippen molar-refractivity contribution in [1.29, 1.82) is 0 Å². The van der Waals surface area contributed by atoms with Gasteiger partial charge in [0.2, 0.25) is 0 Å². The number of benzene rings is 3. The summed E-state index contributed by atoms with van der Waals surface area (Å²) in [5, 5.41) is 12.3. The standard InChI is InChI=1S/C25H30N4/c26-19-11-3-1-2-6-12-21-20-24(29-28-23-15-9-5-10-16-23)17-18-25(21)27-22-13-7-4-8-14-22/h4-5,7-10,13-18,20,27H,1-3,6,11-12,19,26H2. The van der Waals surface area contributed by atoms with Crippen LogP contribution in [-0.2, 0) is 6.42 Å². The third-order valence-electron chi connectivity index (χ3n) is 4.83. The molecule has 29 heavy (non-hydrogen) atoms. The van der Waals surface area contributed by atoms with Crippen molar-refractivity contribution in [1.82, 2.24) is 0 Å². The predicted octanol–water partition coefficient (Wildman–Crippen LogP) is 7.30. The molecule has 0 amide bonds. The van der Waals surface area contributed by atoms with E-state index in [9.17, 15) is 0 Å². The van der Waals surface area contributed by atoms with E-state index in [1.165, 1.54) is 24.8 Å². The average molecular weight is 387 g/mol. The van der Waals surface area contributed by atoms with E-state index in [1.54, 1.807) is 0 Å². The Morgan fingerprint density at radius 3 is 2.07 bits per heavy atom. The number of nitrogens with zero attached hydrogens (tertiary/aromatic N) is 2. The van der Waals surface area contributed by atoms with Gasteiger partial charge < -0.3 is 11.1 Å². The molecule has 4 heteroatoms. The molecule has 0 aliphatic heterocycles. The molecule has 3 N–H and O–H groups in total. The van der Waals surface area contributed by atoms with Gasteiger partial charge in [-0.2, -0.15) is 10.2 Å². The highest BCUT2D eigenvalue weighted by molar-refractivity contribution is 5.66. The highest BCUT2D eigenvalue weighted by Crippen LogP contribution is 2.28. The second-order valence-corrected chi connectivity index (χ2v) is 7.17. The van der Waals surface area contributed by atoms with Crippen molar-refractivity contribution in [2.45, 2.75) is 38.5 Å². The molecule has 0 bridgehead atoms. The number of nitrogens with two attached hydrogens (primary N) is 1. The zero-order chi connectivity index (χ0) is 20.2. The molecule has 0 atom stereocenters. The molecule has 0 aliphatic rings. The van der Waals surface area contributed by atoms with Gasteiger partial charge in [0.05, 0.1) is 11.4 Å². The van der Waals surface area contributed by atoms with Crippen LogP contribution in [0.1, 0.15) is 37.7 Å². The minimum atomic E-state index is 0.791. The summed E-state index contributed by atoms with van der Waals surface area (Å²) < 4.78 is 0. The van der Waals surface area contributed by atoms with Gasteiger partial charge in [0, 0.05) is 11.4 Å². The largest absolute Gasteiger partial charge is 0.355 e. The zero-order valence-electron chi connectivity index (χ0n) is 16.9. The highest BCUT2D eigenvalue weighted by Gasteiger charge is 2.05. The molecule has 0 radical (unpaired) electrons. The van der Waals surface area contributed by atoms with Crippen LogP contribution in [0, 0.1) is 0 Å². The van der Waals surface area contributed by atoms with Crippen LogP contribution >= 0.6 is 0 Å². The molecular weight excluding hydrogens is 356 g/mol. The van der Waals surface area contributed by atoms with Crippen molar-refractivity contribution in [2.75, 3.05) is 11.9 Å². The Labute approximate surface area is 173 Å². The molecule has 0 saturated heterocycles. The molecule has 0 fully saturated rings. The van der Waals surface area contributed by atoms with Gasteiger partial charge in [-0.15, -0.1) is 0 Å². The van der Waals surface area contributed by atoms with Crippen molar-refractivity contribution >= 4 is 22.7 Å². The maximum Gasteiger partial charge on any atom is 0.0861 e. The second kappa shape index (κ2) is 11.8. The first kappa shape index (κ1) is 20.7. The first-order valence-corrected chi connectivity index (χ1v) is 10.5. The Morgan fingerprint density at radius 1 is 0.655 bits per heavy atom. The quantitative estimate of drug-likeness (QED) is 0.268. The van der Waals surface area contributed by atoms with Crippen molar-refractivity contribution in [3.05, 3.63) is 84.4 Å². The van der Waals surface area contributed by atoms with Gasteiger partial charge >= 0.3 is 0 Å². The minimum absolute atomic E-state index is 0.791. The van der Waals surface area contributed by atoms with E-state index >= 15 is 0 Å². The van der Waals surface area contributed by atoms with Gasteiger partial charge in [-0.1, -0.05) is 55.7 Å². The molecule has 0 unspecified atom stereocenters. The van der Waals surface area contributed by atoms with Crippen LogP contribution in [0.2, 0.25) is 0 Å². The number of azo groups is 1. The number of para-hydroxylation sites is 1. The van der Waals surface area contributed by atoms with Gasteiger partial charge in [0.15, 0.2) is 0 Å². The summed E-state index contributed by atoms with van der Waals surface area (Å²) in [6, 6.07) is 26.4. The molecule has 0 heterocycles. The minimum Gasteiger partial charge on any atom is -0.355 e. The lowest BCUT2D eigenvalue weighted by Crippen LogP contribution is -1.98. The van der Waals surface area contributed by atoms with E-state index in [2.05, 4.69) is 39.8 Å². The third kappa shape index (κ3) is 7.16. The van der Waals surface area contributed by atoms with Crippen LogP contribution in [0.25, 0.3) is 0 Å². The predicted molar refractivity (Wildman–Crippen MR) is 123 cm³/mol. The first-order valence-electron chi connectivity index (χ1n) is 10.5. The van der Waals surface area contributed by atoms with Gasteiger partial charge in [0.25, 0.3) is 0 Å². The normalized spacial score (nSPS) is 11.1. The van der Waals surface area contributed by atoms with Crippen molar-refractivity contribution in [3.63, 3.8) is 0 Å². The van der Waals surface area contributed by atoms with E-state index in [-0.39, 0.29) is 0 Å². The third-order valence-corrected chi connectivity index (χ3v) is 4.83. The summed E-state index contributed by atoms with van der Waals surface area (Å²) in [5.41, 5.74) is 10.8. The molecule has 3 aromatic rings. The smallest absolute Gasteiger partial charge is 0.0861 e. The summed E-state index contributed by atoms with van der Waals surface area (Å²) in [6.45, 7) is 0.791. The number of unbranched alkanes of at least 4 members (excludes halogenated alkanes) is 4. The summed E-state index contributed by atoms with van der Waals surface area (Å²) in [4.78, 5) is 0. The van der Waals surface area contributed by atoms with Crippen LogP contribution in [0.3, 0.4) is 0 Å². The van der Waals surface area contributed by atoms with Gasteiger partial charge in [-0.05, 0) is 73.8 Å². The summed E-state index contributed by atoms with van der Waals surface area (Å²) >= 11 is 0. The van der Waals surface area contributed by atoms with E-state index in [0.29, 0.717) is 0 Å². The maximum atomic E-state index is 5.59. The van der Waals surface area contributed by atoms with E-state index < -0.39 is 0 Å². The molecule has 3 rings (SSSR count). The van der Waals surface area contributed by atoms with E-state index in [1.807, 2.05) is 54.6 Å². The Balaban J connectivity index is 1.71. The number of hydrogen-bond donors (Lipinski definition) is 2. The average Bonchev–Trinajstić information content (AvgIpc) is 2.77. The van der Waals surface area contributed by atoms with E-state index in [4.69, 9.17) is 5.73 Å². The molecule has 0 aromatic heterocycles. The molecule has 4 nitrogen and oxygen atoms in total. The lowest BCUT2D eigenvalue weighted by molar-refractivity contribution is 0.618. The van der Waals surface area contributed by atoms with Gasteiger partial charge in [0.1, 0.15) is 0 Å². The second-order valence-electron chi connectivity index (χ2n) is 7.17. The molecular formula is C25H30N4. The molecule has 3 aromatic carbocycles. The summed E-state index contributed by atoms with van der Waals surface area (Å²) in [6.07, 6.45) is 6.99. The van der Waals surface area contributed by atoms with Crippen LogP contribution in [0.4, 0.5) is 22.7 Å². The highest BCUT2D eigenvalue weighted by atomic mass is 15.1. The van der Waals surface area contributed by atoms with Crippen LogP contribution < -0.4 is 11.1 Å². The number of nitrogens with one attached hydrogen (secondary N) is 1. The number of anilines is 2. The number of rotatable bonds is 11. The Hall–Kier alpha value is -2.98. The lowest BCUT2D eigenvalue weighted by Gasteiger charge is -2.13. The maximum absolute atomic E-state index is 5.59.